The molecular weight excluding hydrogens is 488 g/mol. The number of aryl methyl sites for hydroxylation is 1. The van der Waals surface area contributed by atoms with E-state index >= 15 is 0 Å². The van der Waals surface area contributed by atoms with E-state index in [1.807, 2.05) is 12.1 Å². The minimum absolute atomic E-state index is 0.0553. The van der Waals surface area contributed by atoms with E-state index < -0.39 is 29.9 Å². The summed E-state index contributed by atoms with van der Waals surface area (Å²) in [6, 6.07) is 3.05. The van der Waals surface area contributed by atoms with Gasteiger partial charge in [-0.05, 0) is 37.3 Å². The van der Waals surface area contributed by atoms with Crippen molar-refractivity contribution in [2.24, 2.45) is 18.9 Å². The molecular formula is C25H24N10O3. The molecule has 0 radical (unpaired) electrons. The summed E-state index contributed by atoms with van der Waals surface area (Å²) in [7, 11) is 1.46. The number of rotatable bonds is 6. The molecule has 1 saturated carbocycles. The van der Waals surface area contributed by atoms with Gasteiger partial charge in [-0.15, -0.1) is 0 Å². The van der Waals surface area contributed by atoms with Crippen molar-refractivity contribution >= 4 is 28.7 Å². The molecule has 2 unspecified atom stereocenters. The molecule has 1 N–H and O–H groups in total. The Kier molecular flexibility index (Phi) is 5.52. The third kappa shape index (κ3) is 3.90. The molecule has 1 aliphatic carbocycles. The van der Waals surface area contributed by atoms with Gasteiger partial charge in [0.1, 0.15) is 11.9 Å². The normalized spacial score (nSPS) is 18.7. The molecule has 192 valence electrons. The zero-order valence-corrected chi connectivity index (χ0v) is 20.8. The van der Waals surface area contributed by atoms with Crippen LogP contribution in [0.15, 0.2) is 46.6 Å². The Morgan fingerprint density at radius 2 is 1.97 bits per heavy atom. The van der Waals surface area contributed by atoms with Crippen molar-refractivity contribution in [2.75, 3.05) is 23.3 Å². The Bertz CT molecular complexity index is 1720. The molecule has 5 heterocycles. The smallest absolute Gasteiger partial charge is 0.338 e. The van der Waals surface area contributed by atoms with E-state index in [9.17, 15) is 14.4 Å². The zero-order valence-electron chi connectivity index (χ0n) is 20.8. The van der Waals surface area contributed by atoms with Gasteiger partial charge in [0.15, 0.2) is 17.0 Å². The summed E-state index contributed by atoms with van der Waals surface area (Å²) in [4.78, 5) is 61.5. The van der Waals surface area contributed by atoms with Gasteiger partial charge in [-0.1, -0.05) is 0 Å². The van der Waals surface area contributed by atoms with Crippen LogP contribution >= 0.6 is 0 Å². The Hall–Kier alpha value is -4.86. The number of fused-ring (bicyclic) bond motifs is 2. The summed E-state index contributed by atoms with van der Waals surface area (Å²) in [5.74, 6) is 2.37. The molecule has 13 heteroatoms. The number of piperidine rings is 1. The Labute approximate surface area is 216 Å². The number of aromatic nitrogens is 7. The molecule has 2 fully saturated rings. The largest absolute Gasteiger partial charge is 0.356 e. The van der Waals surface area contributed by atoms with Crippen molar-refractivity contribution in [3.8, 4) is 11.3 Å². The van der Waals surface area contributed by atoms with Crippen molar-refractivity contribution in [3.05, 3.63) is 69.3 Å². The molecule has 1 saturated heterocycles. The standard InChI is InChI=1S/C25H24N10O3/c1-14(34-13-29-22-21(34)24(37)35(12-26-2)25(38)32(22)3)23(36)31-19-9-27-8-18(30-19)15-4-5-20(28-7-15)33-10-16-6-17(16)11-33/h4-5,7-9,13-14,16-17H,6,10-12H2,1,3H3,(H,30,31,36)/t14-,16?,17?/m0/s1. The highest BCUT2D eigenvalue weighted by molar-refractivity contribution is 5.93. The molecule has 1 amide bonds. The van der Waals surface area contributed by atoms with Crippen LogP contribution in [-0.2, 0) is 18.5 Å². The highest BCUT2D eigenvalue weighted by atomic mass is 16.2. The molecule has 6 rings (SSSR count). The number of nitrogens with zero attached hydrogens (tertiary/aromatic N) is 9. The van der Waals surface area contributed by atoms with E-state index in [0.717, 1.165) is 40.9 Å². The number of anilines is 2. The van der Waals surface area contributed by atoms with Gasteiger partial charge in [-0.25, -0.2) is 26.3 Å². The van der Waals surface area contributed by atoms with Crippen LogP contribution in [0.25, 0.3) is 27.3 Å². The number of carbonyl (C=O) groups is 1. The van der Waals surface area contributed by atoms with Crippen LogP contribution in [0, 0.1) is 18.4 Å². The number of pyridine rings is 1. The van der Waals surface area contributed by atoms with Gasteiger partial charge in [-0.2, -0.15) is 4.57 Å². The summed E-state index contributed by atoms with van der Waals surface area (Å²) in [5, 5.41) is 2.74. The van der Waals surface area contributed by atoms with E-state index in [4.69, 9.17) is 6.57 Å². The zero-order chi connectivity index (χ0) is 26.6. The third-order valence-corrected chi connectivity index (χ3v) is 7.30. The van der Waals surface area contributed by atoms with Crippen molar-refractivity contribution in [3.63, 3.8) is 0 Å². The lowest BCUT2D eigenvalue weighted by Gasteiger charge is -2.19. The number of amides is 1. The van der Waals surface area contributed by atoms with E-state index in [-0.39, 0.29) is 17.0 Å². The summed E-state index contributed by atoms with van der Waals surface area (Å²) in [6.45, 7) is 10.4. The van der Waals surface area contributed by atoms with Gasteiger partial charge >= 0.3 is 5.69 Å². The van der Waals surface area contributed by atoms with Gasteiger partial charge in [0.05, 0.1) is 24.4 Å². The molecule has 38 heavy (non-hydrogen) atoms. The van der Waals surface area contributed by atoms with Crippen molar-refractivity contribution in [2.45, 2.75) is 26.1 Å². The van der Waals surface area contributed by atoms with E-state index in [1.54, 1.807) is 19.3 Å². The van der Waals surface area contributed by atoms with Crippen molar-refractivity contribution in [1.82, 2.24) is 33.6 Å². The molecule has 4 aromatic heterocycles. The van der Waals surface area contributed by atoms with E-state index in [2.05, 4.69) is 35.0 Å². The molecule has 0 bridgehead atoms. The van der Waals surface area contributed by atoms with Crippen molar-refractivity contribution in [1.29, 1.82) is 0 Å². The van der Waals surface area contributed by atoms with Crippen LogP contribution in [0.3, 0.4) is 0 Å². The van der Waals surface area contributed by atoms with Gasteiger partial charge in [0.2, 0.25) is 5.91 Å². The lowest BCUT2D eigenvalue weighted by molar-refractivity contribution is -0.118. The van der Waals surface area contributed by atoms with Crippen LogP contribution in [0.2, 0.25) is 0 Å². The minimum Gasteiger partial charge on any atom is -0.356 e. The molecule has 2 aliphatic rings. The van der Waals surface area contributed by atoms with Gasteiger partial charge in [-0.3, -0.25) is 24.0 Å². The van der Waals surface area contributed by atoms with Gasteiger partial charge < -0.3 is 14.8 Å². The number of nitrogens with one attached hydrogen (secondary N) is 1. The molecule has 3 atom stereocenters. The predicted octanol–water partition coefficient (Wildman–Crippen LogP) is 1.28. The van der Waals surface area contributed by atoms with E-state index in [0.29, 0.717) is 5.69 Å². The molecule has 0 spiro atoms. The lowest BCUT2D eigenvalue weighted by atomic mass is 10.2. The Balaban J connectivity index is 1.23. The lowest BCUT2D eigenvalue weighted by Crippen LogP contribution is -2.39. The van der Waals surface area contributed by atoms with Crippen molar-refractivity contribution < 1.29 is 4.79 Å². The quantitative estimate of drug-likeness (QED) is 0.382. The van der Waals surface area contributed by atoms with Crippen LogP contribution in [0.1, 0.15) is 19.4 Å². The minimum atomic E-state index is -0.871. The first-order valence-corrected chi connectivity index (χ1v) is 12.2. The molecule has 13 nitrogen and oxygen atoms in total. The maximum Gasteiger partial charge on any atom is 0.338 e. The summed E-state index contributed by atoms with van der Waals surface area (Å²) in [6.07, 6.45) is 7.46. The SMILES string of the molecule is [C-]#[N+]Cn1c(=O)c2c(ncn2[C@@H](C)C(=O)Nc2cncc(-c3ccc(N4CC5CC5C4)nc3)n2)n(C)c1=O. The maximum absolute atomic E-state index is 13.1. The number of hydrogen-bond donors (Lipinski definition) is 1. The highest BCUT2D eigenvalue weighted by Crippen LogP contribution is 2.45. The van der Waals surface area contributed by atoms with Crippen LogP contribution < -0.4 is 21.5 Å². The fourth-order valence-corrected chi connectivity index (χ4v) is 5.01. The number of imidazole rings is 1. The second-order valence-corrected chi connectivity index (χ2v) is 9.72. The first-order chi connectivity index (χ1) is 18.4. The molecule has 4 aromatic rings. The van der Waals surface area contributed by atoms with Gasteiger partial charge in [0.25, 0.3) is 12.2 Å². The molecule has 1 aliphatic heterocycles. The predicted molar refractivity (Wildman–Crippen MR) is 138 cm³/mol. The van der Waals surface area contributed by atoms with Crippen LogP contribution in [0.5, 0.6) is 0 Å². The van der Waals surface area contributed by atoms with Gasteiger partial charge in [0, 0.05) is 31.9 Å². The first kappa shape index (κ1) is 23.5. The average molecular weight is 513 g/mol. The Morgan fingerprint density at radius 3 is 2.68 bits per heavy atom. The fraction of sp³-hybridized carbons (Fsp3) is 0.360. The second kappa shape index (κ2) is 8.91. The first-order valence-electron chi connectivity index (χ1n) is 12.2. The number of hydrogen-bond acceptors (Lipinski definition) is 8. The summed E-state index contributed by atoms with van der Waals surface area (Å²) < 4.78 is 3.39. The topological polar surface area (TPSA) is 137 Å². The Morgan fingerprint density at radius 1 is 1.18 bits per heavy atom. The van der Waals surface area contributed by atoms with E-state index in [1.165, 1.54) is 35.1 Å². The highest BCUT2D eigenvalue weighted by Gasteiger charge is 2.45. The monoisotopic (exact) mass is 512 g/mol. The second-order valence-electron chi connectivity index (χ2n) is 9.72. The average Bonchev–Trinajstić information content (AvgIpc) is 3.32. The number of carbonyl (C=O) groups excluding carboxylic acids is 1. The maximum atomic E-state index is 13.1. The van der Waals surface area contributed by atoms with Crippen LogP contribution in [-0.4, -0.2) is 52.6 Å². The van der Waals surface area contributed by atoms with Crippen LogP contribution in [0.4, 0.5) is 11.6 Å². The summed E-state index contributed by atoms with van der Waals surface area (Å²) >= 11 is 0. The fourth-order valence-electron chi connectivity index (χ4n) is 5.01. The molecule has 0 aromatic carbocycles. The third-order valence-electron chi connectivity index (χ3n) is 7.30. The summed E-state index contributed by atoms with van der Waals surface area (Å²) in [5.41, 5.74) is 0.192.